The van der Waals surface area contributed by atoms with Crippen molar-refractivity contribution in [3.63, 3.8) is 0 Å². The highest BCUT2D eigenvalue weighted by atomic mass is 16.3. The summed E-state index contributed by atoms with van der Waals surface area (Å²) in [5.41, 5.74) is 0. The normalized spacial score (nSPS) is 44.8. The van der Waals surface area contributed by atoms with Gasteiger partial charge in [-0.05, 0) is 6.92 Å². The molecule has 0 radical (unpaired) electrons. The molecule has 0 saturated carbocycles. The van der Waals surface area contributed by atoms with Gasteiger partial charge in [0, 0.05) is 0 Å². The van der Waals surface area contributed by atoms with Gasteiger partial charge in [0.2, 0.25) is 0 Å². The first-order valence-electron chi connectivity index (χ1n) is 3.99. The first-order valence-corrected chi connectivity index (χ1v) is 3.99. The maximum Gasteiger partial charge on any atom is 0.0993 e. The van der Waals surface area contributed by atoms with Crippen molar-refractivity contribution < 1.29 is 20.4 Å². The molecule has 12 heavy (non-hydrogen) atoms. The average molecular weight is 177 g/mol. The third-order valence-corrected chi connectivity index (χ3v) is 2.25. The molecule has 0 aromatic heterocycles. The monoisotopic (exact) mass is 177 g/mol. The van der Waals surface area contributed by atoms with E-state index >= 15 is 0 Å². The van der Waals surface area contributed by atoms with Crippen LogP contribution < -0.4 is 5.32 Å². The van der Waals surface area contributed by atoms with Gasteiger partial charge in [0.05, 0.1) is 37.0 Å². The van der Waals surface area contributed by atoms with Crippen LogP contribution in [0.4, 0.5) is 0 Å². The highest BCUT2D eigenvalue weighted by molar-refractivity contribution is 4.99. The summed E-state index contributed by atoms with van der Waals surface area (Å²) in [6.45, 7) is 1.27. The Balaban J connectivity index is 2.60. The second-order valence-electron chi connectivity index (χ2n) is 3.20. The quantitative estimate of drug-likeness (QED) is 0.319. The van der Waals surface area contributed by atoms with Gasteiger partial charge in [-0.2, -0.15) is 0 Å². The van der Waals surface area contributed by atoms with Crippen LogP contribution in [0.1, 0.15) is 6.92 Å². The van der Waals surface area contributed by atoms with Gasteiger partial charge in [-0.15, -0.1) is 0 Å². The maximum atomic E-state index is 9.35. The minimum absolute atomic E-state index is 0.249. The van der Waals surface area contributed by atoms with E-state index in [1.165, 1.54) is 6.92 Å². The predicted molar refractivity (Wildman–Crippen MR) is 41.5 cm³/mol. The van der Waals surface area contributed by atoms with Crippen molar-refractivity contribution >= 4 is 0 Å². The molecule has 5 nitrogen and oxygen atoms in total. The third kappa shape index (κ3) is 1.60. The Kier molecular flexibility index (Phi) is 3.03. The standard InChI is InChI=1S/C7H15NO4/c1-3(10)5-7(12)6(11)4(2-9)8-5/h3-12H,2H2,1H3/t3?,4-,5-,6-,7-/m1/s1. The molecule has 0 aliphatic carbocycles. The lowest BCUT2D eigenvalue weighted by molar-refractivity contribution is 0.000848. The number of aliphatic hydroxyl groups is 4. The Bertz CT molecular complexity index is 152. The molecule has 1 aliphatic heterocycles. The third-order valence-electron chi connectivity index (χ3n) is 2.25. The van der Waals surface area contributed by atoms with Crippen LogP contribution in [0.15, 0.2) is 0 Å². The summed E-state index contributed by atoms with van der Waals surface area (Å²) in [6, 6.07) is -1.10. The van der Waals surface area contributed by atoms with Gasteiger partial charge < -0.3 is 25.7 Å². The second-order valence-corrected chi connectivity index (χ2v) is 3.20. The van der Waals surface area contributed by atoms with Crippen LogP contribution in [-0.4, -0.2) is 57.4 Å². The smallest absolute Gasteiger partial charge is 0.0993 e. The van der Waals surface area contributed by atoms with Crippen LogP contribution in [0.25, 0.3) is 0 Å². The fourth-order valence-electron chi connectivity index (χ4n) is 1.48. The zero-order valence-corrected chi connectivity index (χ0v) is 6.88. The predicted octanol–water partition coefficient (Wildman–Crippen LogP) is -2.58. The summed E-state index contributed by atoms with van der Waals surface area (Å²) in [6.07, 6.45) is -2.76. The van der Waals surface area contributed by atoms with Gasteiger partial charge in [0.25, 0.3) is 0 Å². The molecule has 0 amide bonds. The van der Waals surface area contributed by atoms with Gasteiger partial charge in [-0.25, -0.2) is 0 Å². The number of hydrogen-bond acceptors (Lipinski definition) is 5. The molecule has 0 aromatic carbocycles. The maximum absolute atomic E-state index is 9.35. The van der Waals surface area contributed by atoms with Crippen molar-refractivity contribution in [1.82, 2.24) is 5.32 Å². The molecule has 5 heteroatoms. The van der Waals surface area contributed by atoms with Gasteiger partial charge >= 0.3 is 0 Å². The van der Waals surface area contributed by atoms with Gasteiger partial charge in [0.15, 0.2) is 0 Å². The Morgan fingerprint density at radius 2 is 1.92 bits per heavy atom. The Hall–Kier alpha value is -0.200. The summed E-state index contributed by atoms with van der Waals surface area (Å²) in [5, 5.41) is 39.3. The lowest BCUT2D eigenvalue weighted by Crippen LogP contribution is -2.42. The van der Waals surface area contributed by atoms with E-state index < -0.39 is 30.4 Å². The summed E-state index contributed by atoms with van der Waals surface area (Å²) < 4.78 is 0. The van der Waals surface area contributed by atoms with Crippen LogP contribution in [0.3, 0.4) is 0 Å². The summed E-state index contributed by atoms with van der Waals surface area (Å²) in [4.78, 5) is 0. The average Bonchev–Trinajstić information content (AvgIpc) is 2.30. The van der Waals surface area contributed by atoms with E-state index in [2.05, 4.69) is 5.32 Å². The van der Waals surface area contributed by atoms with E-state index in [0.29, 0.717) is 0 Å². The SMILES string of the molecule is CC(O)[C@H]1N[C@H](CO)[C@@H](O)[C@@H]1O. The van der Waals surface area contributed by atoms with E-state index in [4.69, 9.17) is 10.2 Å². The molecule has 5 atom stereocenters. The van der Waals surface area contributed by atoms with Crippen molar-refractivity contribution in [1.29, 1.82) is 0 Å². The van der Waals surface area contributed by atoms with Gasteiger partial charge in [-0.1, -0.05) is 0 Å². The van der Waals surface area contributed by atoms with Crippen molar-refractivity contribution in [2.24, 2.45) is 0 Å². The highest BCUT2D eigenvalue weighted by Gasteiger charge is 2.42. The minimum Gasteiger partial charge on any atom is -0.395 e. The Morgan fingerprint density at radius 1 is 1.33 bits per heavy atom. The molecule has 0 bridgehead atoms. The van der Waals surface area contributed by atoms with Gasteiger partial charge in [0.1, 0.15) is 0 Å². The van der Waals surface area contributed by atoms with Crippen LogP contribution >= 0.6 is 0 Å². The van der Waals surface area contributed by atoms with E-state index in [0.717, 1.165) is 0 Å². The number of aliphatic hydroxyl groups excluding tert-OH is 4. The molecular weight excluding hydrogens is 162 g/mol. The first kappa shape index (κ1) is 9.88. The van der Waals surface area contributed by atoms with E-state index in [-0.39, 0.29) is 6.61 Å². The Labute approximate surface area is 70.6 Å². The number of rotatable bonds is 2. The summed E-state index contributed by atoms with van der Waals surface area (Å²) >= 11 is 0. The summed E-state index contributed by atoms with van der Waals surface area (Å²) in [7, 11) is 0. The lowest BCUT2D eigenvalue weighted by atomic mass is 10.1. The van der Waals surface area contributed by atoms with Crippen LogP contribution in [-0.2, 0) is 0 Å². The molecule has 1 fully saturated rings. The van der Waals surface area contributed by atoms with Crippen molar-refractivity contribution in [2.75, 3.05) is 6.61 Å². The largest absolute Gasteiger partial charge is 0.395 e. The minimum atomic E-state index is -1.01. The number of hydrogen-bond donors (Lipinski definition) is 5. The Morgan fingerprint density at radius 3 is 2.17 bits per heavy atom. The van der Waals surface area contributed by atoms with Crippen molar-refractivity contribution in [3.05, 3.63) is 0 Å². The zero-order valence-electron chi connectivity index (χ0n) is 6.88. The van der Waals surface area contributed by atoms with Crippen molar-refractivity contribution in [3.8, 4) is 0 Å². The molecule has 0 aromatic rings. The van der Waals surface area contributed by atoms with Crippen molar-refractivity contribution in [2.45, 2.75) is 37.3 Å². The van der Waals surface area contributed by atoms with E-state index in [9.17, 15) is 10.2 Å². The summed E-state index contributed by atoms with van der Waals surface area (Å²) in [5.74, 6) is 0. The molecule has 1 heterocycles. The topological polar surface area (TPSA) is 93.0 Å². The van der Waals surface area contributed by atoms with E-state index in [1.807, 2.05) is 0 Å². The molecule has 5 N–H and O–H groups in total. The first-order chi connectivity index (χ1) is 5.57. The van der Waals surface area contributed by atoms with Crippen LogP contribution in [0.2, 0.25) is 0 Å². The zero-order chi connectivity index (χ0) is 9.30. The second kappa shape index (κ2) is 3.68. The number of nitrogens with one attached hydrogen (secondary N) is 1. The molecule has 1 aliphatic rings. The molecular formula is C7H15NO4. The highest BCUT2D eigenvalue weighted by Crippen LogP contribution is 2.16. The van der Waals surface area contributed by atoms with E-state index in [1.54, 1.807) is 0 Å². The molecule has 1 rings (SSSR count). The molecule has 1 unspecified atom stereocenters. The van der Waals surface area contributed by atoms with Crippen LogP contribution in [0.5, 0.6) is 0 Å². The fourth-order valence-corrected chi connectivity index (χ4v) is 1.48. The molecule has 0 spiro atoms. The van der Waals surface area contributed by atoms with Gasteiger partial charge in [-0.3, -0.25) is 0 Å². The fraction of sp³-hybridized carbons (Fsp3) is 1.00. The lowest BCUT2D eigenvalue weighted by Gasteiger charge is -2.18. The van der Waals surface area contributed by atoms with Crippen LogP contribution in [0, 0.1) is 0 Å². The molecule has 1 saturated heterocycles. The molecule has 72 valence electrons.